The van der Waals surface area contributed by atoms with Gasteiger partial charge in [0.05, 0.1) is 6.04 Å². The average molecular weight is 434 g/mol. The Balaban J connectivity index is 1.56. The number of aliphatic carboxylic acids is 1. The monoisotopic (exact) mass is 434 g/mol. The number of carboxylic acid groups (broad SMARTS) is 1. The van der Waals surface area contributed by atoms with Crippen molar-refractivity contribution in [2.75, 3.05) is 11.5 Å². The van der Waals surface area contributed by atoms with Crippen LogP contribution in [0.5, 0.6) is 0 Å². The van der Waals surface area contributed by atoms with Gasteiger partial charge in [0, 0.05) is 29.3 Å². The summed E-state index contributed by atoms with van der Waals surface area (Å²) in [4.78, 5) is 41.3. The molecule has 32 heavy (non-hydrogen) atoms. The third-order valence-electron chi connectivity index (χ3n) is 6.79. The first-order valence-corrected chi connectivity index (χ1v) is 11.2. The van der Waals surface area contributed by atoms with Gasteiger partial charge >= 0.3 is 12.1 Å². The van der Waals surface area contributed by atoms with Crippen LogP contribution >= 0.6 is 0 Å². The van der Waals surface area contributed by atoms with Gasteiger partial charge in [-0.2, -0.15) is 0 Å². The highest BCUT2D eigenvalue weighted by Gasteiger charge is 2.52. The van der Waals surface area contributed by atoms with Gasteiger partial charge in [0.15, 0.2) is 6.61 Å². The Hall–Kier alpha value is -3.35. The molecule has 0 radical (unpaired) electrons. The number of anilines is 1. The van der Waals surface area contributed by atoms with E-state index < -0.39 is 18.7 Å². The Morgan fingerprint density at radius 2 is 1.69 bits per heavy atom. The molecule has 1 N–H and O–H groups in total. The topological polar surface area (TPSA) is 87.2 Å². The van der Waals surface area contributed by atoms with Crippen molar-refractivity contribution in [1.82, 2.24) is 4.90 Å². The summed E-state index contributed by atoms with van der Waals surface area (Å²) in [6, 6.07) is 16.9. The summed E-state index contributed by atoms with van der Waals surface area (Å²) >= 11 is 0. The summed E-state index contributed by atoms with van der Waals surface area (Å²) in [6.45, 7) is -0.650. The molecule has 3 atom stereocenters. The van der Waals surface area contributed by atoms with Crippen LogP contribution in [0.4, 0.5) is 10.5 Å². The molecule has 7 heteroatoms. The quantitative estimate of drug-likeness (QED) is 0.761. The molecule has 1 aliphatic heterocycles. The number of rotatable bonds is 5. The lowest BCUT2D eigenvalue weighted by atomic mass is 9.81. The minimum absolute atomic E-state index is 0.0175. The van der Waals surface area contributed by atoms with Crippen LogP contribution in [0.25, 0.3) is 0 Å². The molecule has 2 aromatic rings. The van der Waals surface area contributed by atoms with Gasteiger partial charge in [-0.25, -0.2) is 9.59 Å². The second-order valence-corrected chi connectivity index (χ2v) is 8.79. The zero-order valence-electron chi connectivity index (χ0n) is 17.7. The van der Waals surface area contributed by atoms with Gasteiger partial charge in [-0.1, -0.05) is 42.8 Å². The van der Waals surface area contributed by atoms with E-state index in [0.29, 0.717) is 5.56 Å². The van der Waals surface area contributed by atoms with Crippen LogP contribution in [0.1, 0.15) is 54.1 Å². The average Bonchev–Trinajstić information content (AvgIpc) is 3.53. The Kier molecular flexibility index (Phi) is 5.33. The summed E-state index contributed by atoms with van der Waals surface area (Å²) in [7, 11) is 0. The van der Waals surface area contributed by atoms with Crippen LogP contribution in [0.3, 0.4) is 0 Å². The SMILES string of the molecule is O=C(O)COC(=O)N(C1CC1)C1c2ccccc2N(C(=O)c2ccccc2)C2CCCC21. The second-order valence-electron chi connectivity index (χ2n) is 8.79. The van der Waals surface area contributed by atoms with Crippen molar-refractivity contribution < 1.29 is 24.2 Å². The fourth-order valence-corrected chi connectivity index (χ4v) is 5.40. The smallest absolute Gasteiger partial charge is 0.411 e. The largest absolute Gasteiger partial charge is 0.479 e. The summed E-state index contributed by atoms with van der Waals surface area (Å²) in [5, 5.41) is 8.98. The fourth-order valence-electron chi connectivity index (χ4n) is 5.40. The van der Waals surface area contributed by atoms with Gasteiger partial charge in [-0.05, 0) is 49.4 Å². The Labute approximate surface area is 186 Å². The van der Waals surface area contributed by atoms with Crippen LogP contribution in [0.2, 0.25) is 0 Å². The van der Waals surface area contributed by atoms with E-state index in [9.17, 15) is 14.4 Å². The van der Waals surface area contributed by atoms with Crippen LogP contribution in [0.15, 0.2) is 54.6 Å². The first-order valence-electron chi connectivity index (χ1n) is 11.2. The number of fused-ring (bicyclic) bond motifs is 2. The minimum Gasteiger partial charge on any atom is -0.479 e. The van der Waals surface area contributed by atoms with E-state index in [-0.39, 0.29) is 30.0 Å². The van der Waals surface area contributed by atoms with Crippen LogP contribution in [0, 0.1) is 5.92 Å². The summed E-state index contributed by atoms with van der Waals surface area (Å²) in [5.41, 5.74) is 2.40. The zero-order chi connectivity index (χ0) is 22.2. The summed E-state index contributed by atoms with van der Waals surface area (Å²) in [6.07, 6.45) is 3.92. The second kappa shape index (κ2) is 8.30. The number of carboxylic acids is 1. The molecule has 0 aromatic heterocycles. The van der Waals surface area contributed by atoms with Gasteiger partial charge in [-0.15, -0.1) is 0 Å². The molecular formula is C25H26N2O5. The molecule has 166 valence electrons. The standard InChI is InChI=1S/C25H26N2O5/c28-22(29)15-32-25(31)26(17-13-14-17)23-18-9-4-5-11-20(18)27(21-12-6-10-19(21)23)24(30)16-7-2-1-3-8-16/h1-5,7-9,11,17,19,21,23H,6,10,12-15H2,(H,28,29). The lowest BCUT2D eigenvalue weighted by molar-refractivity contribution is -0.140. The lowest BCUT2D eigenvalue weighted by Crippen LogP contribution is -2.53. The van der Waals surface area contributed by atoms with Crippen molar-refractivity contribution in [1.29, 1.82) is 0 Å². The fraction of sp³-hybridized carbons (Fsp3) is 0.400. The van der Waals surface area contributed by atoms with Gasteiger partial charge < -0.3 is 14.7 Å². The van der Waals surface area contributed by atoms with Gasteiger partial charge in [0.25, 0.3) is 5.91 Å². The number of hydrogen-bond acceptors (Lipinski definition) is 4. The van der Waals surface area contributed by atoms with Crippen molar-refractivity contribution in [3.05, 3.63) is 65.7 Å². The number of nitrogens with zero attached hydrogens (tertiary/aromatic N) is 2. The summed E-state index contributed by atoms with van der Waals surface area (Å²) < 4.78 is 5.13. The number of carbonyl (C=O) groups excluding carboxylic acids is 2. The number of hydrogen-bond donors (Lipinski definition) is 1. The predicted octanol–water partition coefficient (Wildman–Crippen LogP) is 4.24. The van der Waals surface area contributed by atoms with Crippen LogP contribution in [-0.2, 0) is 9.53 Å². The molecule has 2 aromatic carbocycles. The molecule has 5 rings (SSSR count). The Morgan fingerprint density at radius 3 is 2.41 bits per heavy atom. The normalized spacial score (nSPS) is 23.8. The van der Waals surface area contributed by atoms with E-state index in [1.54, 1.807) is 4.90 Å². The molecular weight excluding hydrogens is 408 g/mol. The van der Waals surface area contributed by atoms with Gasteiger partial charge in [0.1, 0.15) is 0 Å². The zero-order valence-corrected chi connectivity index (χ0v) is 17.7. The molecule has 2 aliphatic carbocycles. The minimum atomic E-state index is -1.17. The van der Waals surface area contributed by atoms with E-state index >= 15 is 0 Å². The van der Waals surface area contributed by atoms with E-state index in [0.717, 1.165) is 43.4 Å². The first kappa shape index (κ1) is 20.5. The Morgan fingerprint density at radius 1 is 0.969 bits per heavy atom. The molecule has 7 nitrogen and oxygen atoms in total. The van der Waals surface area contributed by atoms with Crippen molar-refractivity contribution in [2.45, 2.75) is 50.2 Å². The summed E-state index contributed by atoms with van der Waals surface area (Å²) in [5.74, 6) is -1.12. The molecule has 0 bridgehead atoms. The third-order valence-corrected chi connectivity index (χ3v) is 6.79. The van der Waals surface area contributed by atoms with E-state index in [1.165, 1.54) is 0 Å². The number of ether oxygens (including phenoxy) is 1. The molecule has 3 aliphatic rings. The van der Waals surface area contributed by atoms with Crippen LogP contribution in [-0.4, -0.2) is 46.7 Å². The maximum atomic E-state index is 13.6. The molecule has 3 unspecified atom stereocenters. The van der Waals surface area contributed by atoms with Crippen molar-refractivity contribution in [3.8, 4) is 0 Å². The highest BCUT2D eigenvalue weighted by atomic mass is 16.6. The lowest BCUT2D eigenvalue weighted by Gasteiger charge is -2.47. The van der Waals surface area contributed by atoms with E-state index in [2.05, 4.69) is 0 Å². The first-order chi connectivity index (χ1) is 15.6. The highest BCUT2D eigenvalue weighted by molar-refractivity contribution is 6.07. The highest BCUT2D eigenvalue weighted by Crippen LogP contribution is 2.52. The molecule has 0 spiro atoms. The molecule has 2 fully saturated rings. The van der Waals surface area contributed by atoms with Crippen LogP contribution < -0.4 is 4.90 Å². The van der Waals surface area contributed by atoms with Gasteiger partial charge in [0.2, 0.25) is 0 Å². The van der Waals surface area contributed by atoms with Crippen molar-refractivity contribution in [2.24, 2.45) is 5.92 Å². The number of benzene rings is 2. The number of para-hydroxylation sites is 1. The number of carbonyl (C=O) groups is 3. The van der Waals surface area contributed by atoms with E-state index in [4.69, 9.17) is 9.84 Å². The van der Waals surface area contributed by atoms with Gasteiger partial charge in [-0.3, -0.25) is 9.69 Å². The maximum Gasteiger partial charge on any atom is 0.411 e. The van der Waals surface area contributed by atoms with Crippen molar-refractivity contribution >= 4 is 23.7 Å². The molecule has 2 saturated carbocycles. The molecule has 0 saturated heterocycles. The Bertz CT molecular complexity index is 1040. The third kappa shape index (κ3) is 3.61. The molecule has 2 amide bonds. The predicted molar refractivity (Wildman–Crippen MR) is 117 cm³/mol. The van der Waals surface area contributed by atoms with Crippen molar-refractivity contribution in [3.63, 3.8) is 0 Å². The molecule has 1 heterocycles. The number of amides is 2. The maximum absolute atomic E-state index is 13.6. The van der Waals surface area contributed by atoms with E-state index in [1.807, 2.05) is 59.5 Å².